The van der Waals surface area contributed by atoms with Crippen molar-refractivity contribution >= 4 is 16.8 Å². The Morgan fingerprint density at radius 3 is 2.57 bits per heavy atom. The van der Waals surface area contributed by atoms with Gasteiger partial charge in [0.1, 0.15) is 0 Å². The summed E-state index contributed by atoms with van der Waals surface area (Å²) in [6.45, 7) is 1.76. The van der Waals surface area contributed by atoms with Gasteiger partial charge in [0.15, 0.2) is 0 Å². The number of rotatable bonds is 5. The highest BCUT2D eigenvalue weighted by molar-refractivity contribution is 5.94. The van der Waals surface area contributed by atoms with E-state index in [0.717, 1.165) is 29.6 Å². The Kier molecular flexibility index (Phi) is 5.11. The summed E-state index contributed by atoms with van der Waals surface area (Å²) in [5, 5.41) is 22.0. The summed E-state index contributed by atoms with van der Waals surface area (Å²) in [5.41, 5.74) is 7.44. The van der Waals surface area contributed by atoms with Crippen LogP contribution in [0.2, 0.25) is 0 Å². The molecule has 0 bridgehead atoms. The van der Waals surface area contributed by atoms with E-state index in [1.54, 1.807) is 12.1 Å². The van der Waals surface area contributed by atoms with E-state index in [9.17, 15) is 9.90 Å². The quantitative estimate of drug-likeness (QED) is 0.639. The van der Waals surface area contributed by atoms with E-state index in [0.29, 0.717) is 5.56 Å². The van der Waals surface area contributed by atoms with Crippen LogP contribution in [0.1, 0.15) is 33.5 Å². The van der Waals surface area contributed by atoms with Crippen molar-refractivity contribution < 1.29 is 15.0 Å². The summed E-state index contributed by atoms with van der Waals surface area (Å²) in [7, 11) is 0. The zero-order valence-corrected chi connectivity index (χ0v) is 15.9. The molecule has 5 nitrogen and oxygen atoms in total. The molecule has 1 heterocycles. The van der Waals surface area contributed by atoms with Crippen molar-refractivity contribution in [3.63, 3.8) is 0 Å². The van der Waals surface area contributed by atoms with Gasteiger partial charge in [-0.15, -0.1) is 0 Å². The van der Waals surface area contributed by atoms with Crippen molar-refractivity contribution in [3.05, 3.63) is 64.7 Å². The van der Waals surface area contributed by atoms with Crippen LogP contribution in [0.25, 0.3) is 22.2 Å². The molecule has 0 spiro atoms. The molecule has 0 saturated carbocycles. The van der Waals surface area contributed by atoms with Gasteiger partial charge >= 0.3 is 0 Å². The van der Waals surface area contributed by atoms with Crippen molar-refractivity contribution in [2.24, 2.45) is 0 Å². The zero-order chi connectivity index (χ0) is 19.7. The molecular weight excluding hydrogens is 352 g/mol. The fraction of sp³-hybridized carbons (Fsp3) is 0.304. The molecule has 3 aromatic rings. The molecule has 1 atom stereocenters. The average Bonchev–Trinajstić information content (AvgIpc) is 3.17. The normalized spacial score (nSPS) is 14.1. The number of benzene rings is 2. The first-order valence-corrected chi connectivity index (χ1v) is 9.66. The van der Waals surface area contributed by atoms with Gasteiger partial charge in [-0.3, -0.25) is 4.79 Å². The predicted molar refractivity (Wildman–Crippen MR) is 109 cm³/mol. The Labute approximate surface area is 164 Å². The molecule has 4 rings (SSSR count). The number of hydrogen-bond acceptors (Lipinski definition) is 4. The number of aromatic nitrogens is 1. The van der Waals surface area contributed by atoms with Gasteiger partial charge in [0, 0.05) is 23.1 Å². The molecule has 1 aliphatic rings. The molecule has 0 radical (unpaired) electrons. The van der Waals surface area contributed by atoms with Crippen LogP contribution in [-0.2, 0) is 12.8 Å². The molecule has 0 aliphatic heterocycles. The van der Waals surface area contributed by atoms with E-state index in [4.69, 9.17) is 10.1 Å². The molecule has 0 fully saturated rings. The highest BCUT2D eigenvalue weighted by atomic mass is 16.3. The second-order valence-electron chi connectivity index (χ2n) is 7.44. The number of carbonyl (C=O) groups excluding carboxylic acids is 1. The van der Waals surface area contributed by atoms with Crippen molar-refractivity contribution in [2.45, 2.75) is 32.3 Å². The number of aliphatic hydroxyl groups is 2. The summed E-state index contributed by atoms with van der Waals surface area (Å²) in [4.78, 5) is 17.0. The van der Waals surface area contributed by atoms with E-state index >= 15 is 0 Å². The minimum absolute atomic E-state index is 0.0207. The second kappa shape index (κ2) is 7.70. The fourth-order valence-corrected chi connectivity index (χ4v) is 3.78. The number of nitrogens with zero attached hydrogens (tertiary/aromatic N) is 1. The first-order chi connectivity index (χ1) is 13.5. The van der Waals surface area contributed by atoms with Crippen molar-refractivity contribution in [1.29, 1.82) is 0 Å². The van der Waals surface area contributed by atoms with Crippen LogP contribution < -0.4 is 5.32 Å². The summed E-state index contributed by atoms with van der Waals surface area (Å²) < 4.78 is 0. The molecule has 144 valence electrons. The molecule has 28 heavy (non-hydrogen) atoms. The van der Waals surface area contributed by atoms with Crippen LogP contribution in [0.3, 0.4) is 0 Å². The Morgan fingerprint density at radius 1 is 1.14 bits per heavy atom. The summed E-state index contributed by atoms with van der Waals surface area (Å²) >= 11 is 0. The number of carbonyl (C=O) groups is 1. The monoisotopic (exact) mass is 376 g/mol. The SMILES string of the molecule is Cc1cc(-c2ccc(C(=O)NCC(O)CO)cc2)nc2cc3c(cc12)CCC3. The second-order valence-corrected chi connectivity index (χ2v) is 7.44. The van der Waals surface area contributed by atoms with Crippen molar-refractivity contribution in [3.8, 4) is 11.3 Å². The number of aliphatic hydroxyl groups excluding tert-OH is 2. The summed E-state index contributed by atoms with van der Waals surface area (Å²) in [6.07, 6.45) is 2.56. The minimum Gasteiger partial charge on any atom is -0.394 e. The van der Waals surface area contributed by atoms with E-state index in [-0.39, 0.29) is 19.1 Å². The van der Waals surface area contributed by atoms with Gasteiger partial charge in [0.25, 0.3) is 5.91 Å². The van der Waals surface area contributed by atoms with Crippen LogP contribution in [0.5, 0.6) is 0 Å². The number of nitrogens with one attached hydrogen (secondary N) is 1. The first-order valence-electron chi connectivity index (χ1n) is 9.66. The zero-order valence-electron chi connectivity index (χ0n) is 15.9. The van der Waals surface area contributed by atoms with Gasteiger partial charge in [-0.05, 0) is 73.2 Å². The Bertz CT molecular complexity index is 1030. The molecule has 1 aromatic heterocycles. The maximum absolute atomic E-state index is 12.1. The summed E-state index contributed by atoms with van der Waals surface area (Å²) in [6, 6.07) is 13.9. The average molecular weight is 376 g/mol. The molecule has 3 N–H and O–H groups in total. The van der Waals surface area contributed by atoms with Crippen LogP contribution in [0.4, 0.5) is 0 Å². The predicted octanol–water partition coefficient (Wildman–Crippen LogP) is 2.78. The van der Waals surface area contributed by atoms with Crippen LogP contribution >= 0.6 is 0 Å². The molecular formula is C23H24N2O3. The highest BCUT2D eigenvalue weighted by Gasteiger charge is 2.14. The third-order valence-electron chi connectivity index (χ3n) is 5.38. The summed E-state index contributed by atoms with van der Waals surface area (Å²) in [5.74, 6) is -0.280. The van der Waals surface area contributed by atoms with E-state index in [1.165, 1.54) is 28.5 Å². The lowest BCUT2D eigenvalue weighted by Crippen LogP contribution is -2.33. The smallest absolute Gasteiger partial charge is 0.251 e. The van der Waals surface area contributed by atoms with Crippen LogP contribution in [0.15, 0.2) is 42.5 Å². The maximum atomic E-state index is 12.1. The fourth-order valence-electron chi connectivity index (χ4n) is 3.78. The number of fused-ring (bicyclic) bond motifs is 2. The van der Waals surface area contributed by atoms with Gasteiger partial charge in [-0.1, -0.05) is 12.1 Å². The third-order valence-corrected chi connectivity index (χ3v) is 5.38. The van der Waals surface area contributed by atoms with Gasteiger partial charge < -0.3 is 15.5 Å². The minimum atomic E-state index is -0.950. The number of aryl methyl sites for hydroxylation is 3. The maximum Gasteiger partial charge on any atom is 0.251 e. The molecule has 1 aliphatic carbocycles. The van der Waals surface area contributed by atoms with Crippen molar-refractivity contribution in [2.75, 3.05) is 13.2 Å². The molecule has 1 unspecified atom stereocenters. The number of amides is 1. The molecule has 1 amide bonds. The van der Waals surface area contributed by atoms with E-state index in [2.05, 4.69) is 30.4 Å². The molecule has 0 saturated heterocycles. The van der Waals surface area contributed by atoms with E-state index in [1.807, 2.05) is 12.1 Å². The van der Waals surface area contributed by atoms with E-state index < -0.39 is 6.10 Å². The lowest BCUT2D eigenvalue weighted by molar-refractivity contribution is 0.0802. The molecule has 5 heteroatoms. The van der Waals surface area contributed by atoms with Gasteiger partial charge in [0.05, 0.1) is 23.9 Å². The van der Waals surface area contributed by atoms with Crippen LogP contribution in [0, 0.1) is 6.92 Å². The Hall–Kier alpha value is -2.76. The number of pyridine rings is 1. The topological polar surface area (TPSA) is 82.5 Å². The number of hydrogen-bond donors (Lipinski definition) is 3. The van der Waals surface area contributed by atoms with Gasteiger partial charge in [0.2, 0.25) is 0 Å². The largest absolute Gasteiger partial charge is 0.394 e. The first kappa shape index (κ1) is 18.6. The van der Waals surface area contributed by atoms with Gasteiger partial charge in [-0.25, -0.2) is 4.98 Å². The Balaban J connectivity index is 1.59. The highest BCUT2D eigenvalue weighted by Crippen LogP contribution is 2.30. The lowest BCUT2D eigenvalue weighted by Gasteiger charge is -2.11. The van der Waals surface area contributed by atoms with Gasteiger partial charge in [-0.2, -0.15) is 0 Å². The third kappa shape index (κ3) is 3.63. The van der Waals surface area contributed by atoms with Crippen molar-refractivity contribution in [1.82, 2.24) is 10.3 Å². The molecule has 2 aromatic carbocycles. The Morgan fingerprint density at radius 2 is 1.86 bits per heavy atom. The van der Waals surface area contributed by atoms with Crippen LogP contribution in [-0.4, -0.2) is 40.4 Å². The lowest BCUT2D eigenvalue weighted by atomic mass is 10.0. The standard InChI is InChI=1S/C23H24N2O3/c1-14-9-21(25-22-11-18-4-2-3-17(18)10-20(14)22)15-5-7-16(8-6-15)23(28)24-12-19(27)13-26/h5-11,19,26-27H,2-4,12-13H2,1H3,(H,24,28).